The molecule has 5 nitrogen and oxygen atoms in total. The lowest BCUT2D eigenvalue weighted by Crippen LogP contribution is -2.06. The lowest BCUT2D eigenvalue weighted by Gasteiger charge is -2.05. The van der Waals surface area contributed by atoms with Crippen LogP contribution in [-0.4, -0.2) is 30.9 Å². The number of carboxylic acids is 1. The van der Waals surface area contributed by atoms with Gasteiger partial charge in [-0.05, 0) is 17.7 Å². The molecule has 0 bridgehead atoms. The zero-order chi connectivity index (χ0) is 11.6. The molecular weight excluding hydrogens is 220 g/mol. The second-order valence-corrected chi connectivity index (χ2v) is 5.07. The van der Waals surface area contributed by atoms with Gasteiger partial charge in [-0.1, -0.05) is 6.07 Å². The average Bonchev–Trinajstić information content (AvgIpc) is 2.15. The van der Waals surface area contributed by atoms with Crippen LogP contribution in [0.5, 0.6) is 0 Å². The highest BCUT2D eigenvalue weighted by Gasteiger charge is 2.14. The Morgan fingerprint density at radius 1 is 1.40 bits per heavy atom. The minimum Gasteiger partial charge on any atom is -0.478 e. The van der Waals surface area contributed by atoms with Gasteiger partial charge in [0.05, 0.1) is 17.1 Å². The first-order chi connectivity index (χ1) is 6.86. The molecule has 0 atom stereocenters. The Kier molecular flexibility index (Phi) is 3.11. The highest BCUT2D eigenvalue weighted by atomic mass is 32.2. The van der Waals surface area contributed by atoms with Crippen molar-refractivity contribution in [1.82, 2.24) is 0 Å². The quantitative estimate of drug-likeness (QED) is 0.778. The minimum absolute atomic E-state index is 0.0721. The third-order valence-corrected chi connectivity index (χ3v) is 3.02. The van der Waals surface area contributed by atoms with Crippen LogP contribution in [0, 0.1) is 0 Å². The van der Waals surface area contributed by atoms with E-state index in [1.54, 1.807) is 0 Å². The molecular formula is C9H10O5S. The first-order valence-electron chi connectivity index (χ1n) is 4.03. The number of carbonyl (C=O) groups is 1. The van der Waals surface area contributed by atoms with Crippen molar-refractivity contribution >= 4 is 15.8 Å². The van der Waals surface area contributed by atoms with E-state index in [2.05, 4.69) is 0 Å². The molecule has 0 aliphatic carbocycles. The van der Waals surface area contributed by atoms with Gasteiger partial charge >= 0.3 is 5.97 Å². The summed E-state index contributed by atoms with van der Waals surface area (Å²) >= 11 is 0. The molecule has 0 spiro atoms. The highest BCUT2D eigenvalue weighted by molar-refractivity contribution is 7.90. The van der Waals surface area contributed by atoms with E-state index in [0.29, 0.717) is 0 Å². The van der Waals surface area contributed by atoms with E-state index in [1.165, 1.54) is 12.1 Å². The summed E-state index contributed by atoms with van der Waals surface area (Å²) in [6.45, 7) is -0.439. The molecule has 0 fully saturated rings. The maximum Gasteiger partial charge on any atom is 0.336 e. The van der Waals surface area contributed by atoms with Crippen molar-refractivity contribution in [1.29, 1.82) is 0 Å². The number of carboxylic acid groups (broad SMARTS) is 1. The monoisotopic (exact) mass is 230 g/mol. The predicted molar refractivity (Wildman–Crippen MR) is 52.4 cm³/mol. The third-order valence-electron chi connectivity index (χ3n) is 1.91. The van der Waals surface area contributed by atoms with Crippen LogP contribution in [0.25, 0.3) is 0 Å². The molecule has 82 valence electrons. The highest BCUT2D eigenvalue weighted by Crippen LogP contribution is 2.16. The maximum absolute atomic E-state index is 11.2. The fourth-order valence-corrected chi connectivity index (χ4v) is 1.77. The second kappa shape index (κ2) is 4.00. The molecule has 2 N–H and O–H groups in total. The van der Waals surface area contributed by atoms with Crippen molar-refractivity contribution in [2.24, 2.45) is 0 Å². The van der Waals surface area contributed by atoms with Gasteiger partial charge in [-0.3, -0.25) is 0 Å². The Hall–Kier alpha value is -1.40. The molecule has 0 aliphatic heterocycles. The van der Waals surface area contributed by atoms with Crippen molar-refractivity contribution in [2.45, 2.75) is 11.5 Å². The van der Waals surface area contributed by atoms with E-state index in [4.69, 9.17) is 10.2 Å². The third kappa shape index (κ3) is 2.54. The molecule has 0 unspecified atom stereocenters. The standard InChI is InChI=1S/C9H10O5S/c1-15(13,14)7-3-2-6(5-10)8(4-7)9(11)12/h2-4,10H,5H2,1H3,(H,11,12). The summed E-state index contributed by atoms with van der Waals surface area (Å²) in [5, 5.41) is 17.6. The molecule has 15 heavy (non-hydrogen) atoms. The van der Waals surface area contributed by atoms with Crippen molar-refractivity contribution < 1.29 is 23.4 Å². The fourth-order valence-electron chi connectivity index (χ4n) is 1.12. The molecule has 0 saturated carbocycles. The molecule has 1 rings (SSSR count). The number of aromatic carboxylic acids is 1. The van der Waals surface area contributed by atoms with E-state index in [0.717, 1.165) is 12.3 Å². The van der Waals surface area contributed by atoms with Gasteiger partial charge in [-0.2, -0.15) is 0 Å². The first kappa shape index (κ1) is 11.7. The summed E-state index contributed by atoms with van der Waals surface area (Å²) < 4.78 is 22.3. The van der Waals surface area contributed by atoms with Gasteiger partial charge in [0.25, 0.3) is 0 Å². The number of rotatable bonds is 3. The van der Waals surface area contributed by atoms with E-state index < -0.39 is 22.4 Å². The summed E-state index contributed by atoms with van der Waals surface area (Å²) in [6.07, 6.45) is 0.993. The normalized spacial score (nSPS) is 11.3. The smallest absolute Gasteiger partial charge is 0.336 e. The summed E-state index contributed by atoms with van der Waals surface area (Å²) in [5.41, 5.74) is -0.00433. The number of hydrogen-bond acceptors (Lipinski definition) is 4. The summed E-state index contributed by atoms with van der Waals surface area (Å²) in [6, 6.07) is 3.61. The van der Waals surface area contributed by atoms with Crippen molar-refractivity contribution in [3.05, 3.63) is 29.3 Å². The Balaban J connectivity index is 3.42. The molecule has 0 aliphatic rings. The number of aliphatic hydroxyl groups excluding tert-OH is 1. The molecule has 1 aromatic carbocycles. The predicted octanol–water partition coefficient (Wildman–Crippen LogP) is 0.281. The molecule has 0 radical (unpaired) electrons. The number of benzene rings is 1. The van der Waals surface area contributed by atoms with Gasteiger partial charge < -0.3 is 10.2 Å². The number of sulfone groups is 1. The van der Waals surface area contributed by atoms with E-state index in [1.807, 2.05) is 0 Å². The van der Waals surface area contributed by atoms with Crippen molar-refractivity contribution in [2.75, 3.05) is 6.26 Å². The summed E-state index contributed by atoms with van der Waals surface area (Å²) in [4.78, 5) is 10.7. The van der Waals surface area contributed by atoms with Crippen LogP contribution in [0.3, 0.4) is 0 Å². The molecule has 0 aromatic heterocycles. The van der Waals surface area contributed by atoms with Crippen molar-refractivity contribution in [3.63, 3.8) is 0 Å². The Bertz CT molecular complexity index is 489. The van der Waals surface area contributed by atoms with Crippen molar-refractivity contribution in [3.8, 4) is 0 Å². The lowest BCUT2D eigenvalue weighted by molar-refractivity contribution is 0.0693. The van der Waals surface area contributed by atoms with Crippen LogP contribution in [0.15, 0.2) is 23.1 Å². The summed E-state index contributed by atoms with van der Waals surface area (Å²) in [5.74, 6) is -1.26. The van der Waals surface area contributed by atoms with E-state index in [-0.39, 0.29) is 16.0 Å². The topological polar surface area (TPSA) is 91.7 Å². The van der Waals surface area contributed by atoms with E-state index >= 15 is 0 Å². The largest absolute Gasteiger partial charge is 0.478 e. The fraction of sp³-hybridized carbons (Fsp3) is 0.222. The molecule has 0 saturated heterocycles. The zero-order valence-corrected chi connectivity index (χ0v) is 8.78. The van der Waals surface area contributed by atoms with Gasteiger partial charge in [0, 0.05) is 6.26 Å². The molecule has 6 heteroatoms. The molecule has 0 amide bonds. The Morgan fingerprint density at radius 3 is 2.40 bits per heavy atom. The van der Waals surface area contributed by atoms with Crippen LogP contribution in [0.1, 0.15) is 15.9 Å². The van der Waals surface area contributed by atoms with Crippen LogP contribution in [0.4, 0.5) is 0 Å². The van der Waals surface area contributed by atoms with Gasteiger partial charge in [0.1, 0.15) is 0 Å². The average molecular weight is 230 g/mol. The Morgan fingerprint density at radius 2 is 2.00 bits per heavy atom. The number of hydrogen-bond donors (Lipinski definition) is 2. The first-order valence-corrected chi connectivity index (χ1v) is 5.92. The van der Waals surface area contributed by atoms with Crippen LogP contribution >= 0.6 is 0 Å². The Labute approximate surface area is 86.9 Å². The van der Waals surface area contributed by atoms with Crippen LogP contribution in [0.2, 0.25) is 0 Å². The van der Waals surface area contributed by atoms with Gasteiger partial charge in [-0.15, -0.1) is 0 Å². The lowest BCUT2D eigenvalue weighted by atomic mass is 10.1. The molecule has 1 aromatic rings. The molecule has 0 heterocycles. The van der Waals surface area contributed by atoms with Crippen LogP contribution < -0.4 is 0 Å². The number of aliphatic hydroxyl groups is 1. The van der Waals surface area contributed by atoms with E-state index in [9.17, 15) is 13.2 Å². The minimum atomic E-state index is -3.43. The summed E-state index contributed by atoms with van der Waals surface area (Å²) in [7, 11) is -3.43. The van der Waals surface area contributed by atoms with Gasteiger partial charge in [0.15, 0.2) is 9.84 Å². The second-order valence-electron chi connectivity index (χ2n) is 3.05. The van der Waals surface area contributed by atoms with Gasteiger partial charge in [-0.25, -0.2) is 13.2 Å². The zero-order valence-electron chi connectivity index (χ0n) is 7.97. The van der Waals surface area contributed by atoms with Gasteiger partial charge in [0.2, 0.25) is 0 Å². The maximum atomic E-state index is 11.2. The van der Waals surface area contributed by atoms with Crippen LogP contribution in [-0.2, 0) is 16.4 Å². The SMILES string of the molecule is CS(=O)(=O)c1ccc(CO)c(C(=O)O)c1.